The van der Waals surface area contributed by atoms with Gasteiger partial charge in [0.15, 0.2) is 0 Å². The molecule has 0 amide bonds. The molecule has 4 heterocycles. The normalized spacial score (nSPS) is 12.1. The van der Waals surface area contributed by atoms with Crippen molar-refractivity contribution >= 4 is 85.8 Å². The van der Waals surface area contributed by atoms with Crippen molar-refractivity contribution in [3.05, 3.63) is 145 Å². The van der Waals surface area contributed by atoms with Crippen LogP contribution in [0.2, 0.25) is 0 Å². The Balaban J connectivity index is 1.38. The molecule has 206 valence electrons. The highest BCUT2D eigenvalue weighted by Gasteiger charge is 2.23. The quantitative estimate of drug-likeness (QED) is 0.192. The third-order valence-electron chi connectivity index (χ3n) is 9.02. The van der Waals surface area contributed by atoms with E-state index in [1.807, 2.05) is 22.7 Å². The highest BCUT2D eigenvalue weighted by molar-refractivity contribution is 7.26. The topological polar surface area (TPSA) is 9.86 Å². The number of para-hydroxylation sites is 2. The summed E-state index contributed by atoms with van der Waals surface area (Å²) in [6.45, 7) is 0. The zero-order valence-electron chi connectivity index (χ0n) is 23.6. The van der Waals surface area contributed by atoms with Crippen molar-refractivity contribution in [2.45, 2.75) is 0 Å². The van der Waals surface area contributed by atoms with Gasteiger partial charge < -0.3 is 9.13 Å². The van der Waals surface area contributed by atoms with Crippen LogP contribution < -0.4 is 0 Å². The van der Waals surface area contributed by atoms with Crippen LogP contribution in [0.4, 0.5) is 0 Å². The first kappa shape index (κ1) is 24.3. The SMILES string of the molecule is c1ccc(-c2cccc3c2sc2c(-n4c5ccccc5c5ccc6c(c7ccsc7n6-c6ccccc6)c54)cccc23)cc1. The van der Waals surface area contributed by atoms with Crippen LogP contribution in [0.1, 0.15) is 0 Å². The van der Waals surface area contributed by atoms with E-state index in [9.17, 15) is 0 Å². The number of thiophene rings is 2. The summed E-state index contributed by atoms with van der Waals surface area (Å²) in [6.07, 6.45) is 0. The standard InChI is InChI=1S/C40H24N2S2/c1-3-11-25(12-4-1)27-16-9-17-30-31-18-10-20-35(39(31)44-38(27)30)42-33-19-8-7-15-28(33)29-21-22-34-36(37(29)42)32-23-24-43-40(32)41(34)26-13-5-2-6-14-26/h1-24H. The summed E-state index contributed by atoms with van der Waals surface area (Å²) in [5, 5.41) is 10.0. The summed E-state index contributed by atoms with van der Waals surface area (Å²) in [4.78, 5) is 1.28. The lowest BCUT2D eigenvalue weighted by Crippen LogP contribution is -1.95. The average molecular weight is 597 g/mol. The van der Waals surface area contributed by atoms with E-state index < -0.39 is 0 Å². The van der Waals surface area contributed by atoms with Crippen molar-refractivity contribution in [3.8, 4) is 22.5 Å². The van der Waals surface area contributed by atoms with E-state index in [0.29, 0.717) is 0 Å². The van der Waals surface area contributed by atoms with Crippen LogP contribution in [0, 0.1) is 0 Å². The third kappa shape index (κ3) is 3.24. The zero-order valence-corrected chi connectivity index (χ0v) is 25.2. The molecule has 0 spiro atoms. The van der Waals surface area contributed by atoms with Crippen molar-refractivity contribution in [1.82, 2.24) is 9.13 Å². The first-order valence-electron chi connectivity index (χ1n) is 14.9. The van der Waals surface area contributed by atoms with E-state index in [2.05, 4.69) is 154 Å². The Hall–Kier alpha value is -5.16. The number of nitrogens with zero attached hydrogens (tertiary/aromatic N) is 2. The van der Waals surface area contributed by atoms with Crippen molar-refractivity contribution in [2.75, 3.05) is 0 Å². The second kappa shape index (κ2) is 9.17. The van der Waals surface area contributed by atoms with Crippen LogP contribution >= 0.6 is 22.7 Å². The van der Waals surface area contributed by atoms with E-state index in [1.54, 1.807) is 0 Å². The molecule has 0 aliphatic heterocycles. The summed E-state index contributed by atoms with van der Waals surface area (Å²) < 4.78 is 7.62. The Labute approximate surface area is 261 Å². The van der Waals surface area contributed by atoms with E-state index in [1.165, 1.54) is 85.6 Å². The van der Waals surface area contributed by atoms with Gasteiger partial charge in [0, 0.05) is 42.7 Å². The van der Waals surface area contributed by atoms with Gasteiger partial charge >= 0.3 is 0 Å². The number of hydrogen-bond acceptors (Lipinski definition) is 2. The molecule has 0 bridgehead atoms. The van der Waals surface area contributed by atoms with Gasteiger partial charge in [0.2, 0.25) is 0 Å². The zero-order chi connectivity index (χ0) is 28.8. The predicted octanol–water partition coefficient (Wildman–Crippen LogP) is 12.0. The Morgan fingerprint density at radius 1 is 0.455 bits per heavy atom. The minimum atomic E-state index is 1.19. The first-order chi connectivity index (χ1) is 21.9. The van der Waals surface area contributed by atoms with Crippen LogP contribution in [0.5, 0.6) is 0 Å². The Morgan fingerprint density at radius 3 is 2.05 bits per heavy atom. The van der Waals surface area contributed by atoms with E-state index in [4.69, 9.17) is 0 Å². The fourth-order valence-corrected chi connectivity index (χ4v) is 9.46. The summed E-state index contributed by atoms with van der Waals surface area (Å²) >= 11 is 3.73. The summed E-state index contributed by atoms with van der Waals surface area (Å²) in [6, 6.07) is 51.0. The van der Waals surface area contributed by atoms with Gasteiger partial charge in [0.25, 0.3) is 0 Å². The molecule has 0 aliphatic carbocycles. The lowest BCUT2D eigenvalue weighted by atomic mass is 10.0. The van der Waals surface area contributed by atoms with Crippen molar-refractivity contribution < 1.29 is 0 Å². The predicted molar refractivity (Wildman–Crippen MR) is 191 cm³/mol. The van der Waals surface area contributed by atoms with Crippen molar-refractivity contribution in [1.29, 1.82) is 0 Å². The van der Waals surface area contributed by atoms with Gasteiger partial charge in [0.1, 0.15) is 4.83 Å². The molecular weight excluding hydrogens is 573 g/mol. The van der Waals surface area contributed by atoms with Crippen LogP contribution in [0.15, 0.2) is 145 Å². The Kier molecular flexibility index (Phi) is 5.06. The molecule has 0 aliphatic rings. The average Bonchev–Trinajstić information content (AvgIpc) is 3.85. The molecule has 0 saturated heterocycles. The van der Waals surface area contributed by atoms with Crippen LogP contribution in [-0.2, 0) is 0 Å². The molecule has 10 aromatic rings. The molecule has 0 fully saturated rings. The van der Waals surface area contributed by atoms with Gasteiger partial charge in [-0.05, 0) is 52.9 Å². The molecule has 0 atom stereocenters. The molecule has 0 N–H and O–H groups in total. The maximum Gasteiger partial charge on any atom is 0.108 e. The second-order valence-electron chi connectivity index (χ2n) is 11.3. The molecule has 4 heteroatoms. The largest absolute Gasteiger partial charge is 0.307 e. The van der Waals surface area contributed by atoms with Crippen LogP contribution in [0.3, 0.4) is 0 Å². The summed E-state index contributed by atoms with van der Waals surface area (Å²) in [7, 11) is 0. The minimum absolute atomic E-state index is 1.19. The van der Waals surface area contributed by atoms with Gasteiger partial charge in [-0.3, -0.25) is 0 Å². The number of fused-ring (bicyclic) bond motifs is 10. The maximum atomic E-state index is 2.54. The lowest BCUT2D eigenvalue weighted by molar-refractivity contribution is 1.19. The number of benzene rings is 6. The van der Waals surface area contributed by atoms with Gasteiger partial charge in [0.05, 0.1) is 26.9 Å². The molecular formula is C40H24N2S2. The Bertz CT molecular complexity index is 2700. The van der Waals surface area contributed by atoms with Gasteiger partial charge in [-0.15, -0.1) is 22.7 Å². The molecule has 44 heavy (non-hydrogen) atoms. The fraction of sp³-hybridized carbons (Fsp3) is 0. The van der Waals surface area contributed by atoms with E-state index in [-0.39, 0.29) is 0 Å². The minimum Gasteiger partial charge on any atom is -0.307 e. The molecule has 2 nitrogen and oxygen atoms in total. The maximum absolute atomic E-state index is 2.54. The highest BCUT2D eigenvalue weighted by atomic mass is 32.1. The molecule has 0 radical (unpaired) electrons. The van der Waals surface area contributed by atoms with Crippen LogP contribution in [-0.4, -0.2) is 9.13 Å². The second-order valence-corrected chi connectivity index (χ2v) is 13.2. The monoisotopic (exact) mass is 596 g/mol. The van der Waals surface area contributed by atoms with Gasteiger partial charge in [-0.1, -0.05) is 103 Å². The molecule has 0 saturated carbocycles. The van der Waals surface area contributed by atoms with E-state index >= 15 is 0 Å². The molecule has 6 aromatic carbocycles. The molecule has 4 aromatic heterocycles. The first-order valence-corrected chi connectivity index (χ1v) is 16.6. The van der Waals surface area contributed by atoms with Crippen LogP contribution in [0.25, 0.3) is 85.6 Å². The molecule has 10 rings (SSSR count). The fourth-order valence-electron chi connectivity index (χ4n) is 7.18. The van der Waals surface area contributed by atoms with E-state index in [0.717, 1.165) is 0 Å². The summed E-state index contributed by atoms with van der Waals surface area (Å²) in [5.74, 6) is 0. The van der Waals surface area contributed by atoms with Crippen molar-refractivity contribution in [3.63, 3.8) is 0 Å². The van der Waals surface area contributed by atoms with Crippen molar-refractivity contribution in [2.24, 2.45) is 0 Å². The Morgan fingerprint density at radius 2 is 1.18 bits per heavy atom. The molecule has 0 unspecified atom stereocenters. The number of rotatable bonds is 3. The third-order valence-corrected chi connectivity index (χ3v) is 11.2. The van der Waals surface area contributed by atoms with Gasteiger partial charge in [-0.25, -0.2) is 0 Å². The lowest BCUT2D eigenvalue weighted by Gasteiger charge is -2.11. The summed E-state index contributed by atoms with van der Waals surface area (Å²) in [5.41, 5.74) is 8.72. The van der Waals surface area contributed by atoms with Gasteiger partial charge in [-0.2, -0.15) is 0 Å². The highest BCUT2D eigenvalue weighted by Crippen LogP contribution is 2.47. The smallest absolute Gasteiger partial charge is 0.108 e. The number of aromatic nitrogens is 2. The number of hydrogen-bond donors (Lipinski definition) is 0.